The van der Waals surface area contributed by atoms with Crippen LogP contribution in [0.5, 0.6) is 0 Å². The Labute approximate surface area is 194 Å². The highest BCUT2D eigenvalue weighted by Crippen LogP contribution is 2.26. The smallest absolute Gasteiger partial charge is 0.254 e. The highest BCUT2D eigenvalue weighted by atomic mass is 16.2. The predicted molar refractivity (Wildman–Crippen MR) is 135 cm³/mol. The number of carbonyl (C=O) groups is 1. The monoisotopic (exact) mass is 435 g/mol. The van der Waals surface area contributed by atoms with E-state index in [0.717, 1.165) is 32.9 Å². The Morgan fingerprint density at radius 2 is 1.24 bits per heavy atom. The van der Waals surface area contributed by atoms with Gasteiger partial charge in [-0.2, -0.15) is 0 Å². The molecule has 2 N–H and O–H groups in total. The van der Waals surface area contributed by atoms with Gasteiger partial charge in [-0.05, 0) is 58.5 Å². The molecule has 3 aromatic carbocycles. The van der Waals surface area contributed by atoms with E-state index < -0.39 is 0 Å². The Balaban J connectivity index is 1.52. The summed E-state index contributed by atoms with van der Waals surface area (Å²) >= 11 is 0. The van der Waals surface area contributed by atoms with Crippen LogP contribution in [-0.2, 0) is 18.5 Å². The molecule has 0 aliphatic rings. The summed E-state index contributed by atoms with van der Waals surface area (Å²) in [7, 11) is 0. The molecule has 0 bridgehead atoms. The fourth-order valence-electron chi connectivity index (χ4n) is 4.48. The molecular weight excluding hydrogens is 406 g/mol. The van der Waals surface area contributed by atoms with E-state index >= 15 is 0 Å². The molecule has 2 aromatic heterocycles. The molecule has 0 aliphatic carbocycles. The lowest BCUT2D eigenvalue weighted by atomic mass is 9.86. The molecule has 4 heteroatoms. The van der Waals surface area contributed by atoms with Crippen molar-refractivity contribution >= 4 is 27.7 Å². The van der Waals surface area contributed by atoms with Gasteiger partial charge >= 0.3 is 0 Å². The van der Waals surface area contributed by atoms with Crippen molar-refractivity contribution in [1.82, 2.24) is 14.9 Å². The summed E-state index contributed by atoms with van der Waals surface area (Å²) in [6.45, 7) is 7.63. The molecule has 5 aromatic rings. The van der Waals surface area contributed by atoms with Gasteiger partial charge in [0.1, 0.15) is 0 Å². The van der Waals surface area contributed by atoms with Crippen molar-refractivity contribution in [3.63, 3.8) is 0 Å². The first-order valence-corrected chi connectivity index (χ1v) is 11.4. The number of carbonyl (C=O) groups excluding carboxylic acids is 1. The normalized spacial score (nSPS) is 11.8. The molecule has 0 spiro atoms. The lowest BCUT2D eigenvalue weighted by molar-refractivity contribution is 0.0731. The van der Waals surface area contributed by atoms with Crippen LogP contribution in [0.25, 0.3) is 21.8 Å². The highest BCUT2D eigenvalue weighted by molar-refractivity contribution is 5.95. The minimum absolute atomic E-state index is 0.0375. The maximum atomic E-state index is 13.8. The largest absolute Gasteiger partial charge is 0.361 e. The Morgan fingerprint density at radius 1 is 0.727 bits per heavy atom. The van der Waals surface area contributed by atoms with Gasteiger partial charge in [0, 0.05) is 52.9 Å². The molecule has 0 aliphatic heterocycles. The van der Waals surface area contributed by atoms with Crippen molar-refractivity contribution in [1.29, 1.82) is 0 Å². The zero-order valence-electron chi connectivity index (χ0n) is 19.4. The molecule has 0 radical (unpaired) electrons. The molecule has 0 saturated carbocycles. The van der Waals surface area contributed by atoms with Crippen LogP contribution >= 0.6 is 0 Å². The minimum Gasteiger partial charge on any atom is -0.361 e. The Hall–Kier alpha value is -3.79. The lowest BCUT2D eigenvalue weighted by Gasteiger charge is -2.25. The number of nitrogens with one attached hydrogen (secondary N) is 2. The van der Waals surface area contributed by atoms with E-state index in [1.54, 1.807) is 0 Å². The summed E-state index contributed by atoms with van der Waals surface area (Å²) in [5, 5.41) is 2.30. The molecule has 1 amide bonds. The van der Waals surface area contributed by atoms with E-state index in [9.17, 15) is 4.79 Å². The number of nitrogens with zero attached hydrogens (tertiary/aromatic N) is 1. The van der Waals surface area contributed by atoms with Gasteiger partial charge in [-0.1, -0.05) is 57.2 Å². The second kappa shape index (κ2) is 8.28. The number of rotatable bonds is 5. The Kier molecular flexibility index (Phi) is 5.29. The fraction of sp³-hybridized carbons (Fsp3) is 0.207. The van der Waals surface area contributed by atoms with Crippen LogP contribution in [0.1, 0.15) is 47.8 Å². The van der Waals surface area contributed by atoms with Gasteiger partial charge in [0.25, 0.3) is 5.91 Å². The highest BCUT2D eigenvalue weighted by Gasteiger charge is 2.20. The van der Waals surface area contributed by atoms with Crippen LogP contribution < -0.4 is 0 Å². The number of aromatic nitrogens is 2. The van der Waals surface area contributed by atoms with E-state index in [2.05, 4.69) is 79.3 Å². The van der Waals surface area contributed by atoms with Gasteiger partial charge < -0.3 is 14.9 Å². The molecular formula is C29H29N3O. The topological polar surface area (TPSA) is 51.9 Å². The van der Waals surface area contributed by atoms with E-state index in [1.807, 2.05) is 41.6 Å². The van der Waals surface area contributed by atoms with Gasteiger partial charge in [0.2, 0.25) is 0 Å². The van der Waals surface area contributed by atoms with Crippen LogP contribution in [0.3, 0.4) is 0 Å². The minimum atomic E-state index is 0.0375. The third kappa shape index (κ3) is 4.17. The van der Waals surface area contributed by atoms with Crippen molar-refractivity contribution in [2.45, 2.75) is 39.3 Å². The second-order valence-corrected chi connectivity index (χ2v) is 9.70. The first kappa shape index (κ1) is 21.1. The Morgan fingerprint density at radius 3 is 1.73 bits per heavy atom. The molecule has 33 heavy (non-hydrogen) atoms. The Bertz CT molecular complexity index is 1340. The van der Waals surface area contributed by atoms with Crippen molar-refractivity contribution in [3.05, 3.63) is 107 Å². The van der Waals surface area contributed by atoms with E-state index in [1.165, 1.54) is 5.56 Å². The van der Waals surface area contributed by atoms with Crippen LogP contribution in [0.2, 0.25) is 0 Å². The van der Waals surface area contributed by atoms with Gasteiger partial charge in [0.05, 0.1) is 0 Å². The number of hydrogen-bond acceptors (Lipinski definition) is 1. The summed E-state index contributed by atoms with van der Waals surface area (Å²) in [6.07, 6.45) is 3.90. The van der Waals surface area contributed by atoms with Gasteiger partial charge in [-0.25, -0.2) is 0 Å². The quantitative estimate of drug-likeness (QED) is 0.314. The van der Waals surface area contributed by atoms with E-state index in [-0.39, 0.29) is 11.3 Å². The lowest BCUT2D eigenvalue weighted by Crippen LogP contribution is -2.30. The molecule has 4 nitrogen and oxygen atoms in total. The third-order valence-electron chi connectivity index (χ3n) is 6.38. The van der Waals surface area contributed by atoms with Gasteiger partial charge in [0.15, 0.2) is 0 Å². The summed E-state index contributed by atoms with van der Waals surface area (Å²) in [4.78, 5) is 22.3. The average molecular weight is 436 g/mol. The second-order valence-electron chi connectivity index (χ2n) is 9.70. The van der Waals surface area contributed by atoms with Crippen LogP contribution in [0.4, 0.5) is 0 Å². The van der Waals surface area contributed by atoms with Crippen LogP contribution in [0, 0.1) is 0 Å². The van der Waals surface area contributed by atoms with Crippen molar-refractivity contribution < 1.29 is 4.79 Å². The summed E-state index contributed by atoms with van der Waals surface area (Å²) < 4.78 is 0. The van der Waals surface area contributed by atoms with E-state index in [4.69, 9.17) is 0 Å². The number of hydrogen-bond donors (Lipinski definition) is 2. The fourth-order valence-corrected chi connectivity index (χ4v) is 4.48. The van der Waals surface area contributed by atoms with Crippen molar-refractivity contribution in [2.75, 3.05) is 0 Å². The van der Waals surface area contributed by atoms with Gasteiger partial charge in [-0.15, -0.1) is 0 Å². The molecule has 0 atom stereocenters. The summed E-state index contributed by atoms with van der Waals surface area (Å²) in [6, 6.07) is 24.7. The maximum absolute atomic E-state index is 13.8. The molecule has 0 saturated heterocycles. The zero-order chi connectivity index (χ0) is 23.0. The number of H-pyrrole nitrogens is 2. The first-order chi connectivity index (χ1) is 15.9. The number of fused-ring (bicyclic) bond motifs is 2. The van der Waals surface area contributed by atoms with Crippen LogP contribution in [0.15, 0.2) is 85.2 Å². The molecule has 0 fully saturated rings. The number of aromatic amines is 2. The number of benzene rings is 3. The zero-order valence-corrected chi connectivity index (χ0v) is 19.4. The molecule has 166 valence electrons. The first-order valence-electron chi connectivity index (χ1n) is 11.4. The SMILES string of the molecule is CC(C)(C)c1ccc(C(=O)N(Cc2cccc3[nH]ccc23)Cc2cccc3[nH]ccc23)cc1. The average Bonchev–Trinajstić information content (AvgIpc) is 3.48. The standard InChI is InChI=1S/C29H29N3O/c1-29(2,3)23-12-10-20(11-13-23)28(33)32(18-21-6-4-8-26-24(21)14-16-30-26)19-22-7-5-9-27-25(22)15-17-31-27/h4-17,30-31H,18-19H2,1-3H3. The summed E-state index contributed by atoms with van der Waals surface area (Å²) in [5.74, 6) is 0.0375. The van der Waals surface area contributed by atoms with Crippen LogP contribution in [-0.4, -0.2) is 20.8 Å². The molecule has 0 unspecified atom stereocenters. The molecule has 2 heterocycles. The summed E-state index contributed by atoms with van der Waals surface area (Å²) in [5.41, 5.74) is 6.42. The maximum Gasteiger partial charge on any atom is 0.254 e. The van der Waals surface area contributed by atoms with E-state index in [0.29, 0.717) is 18.7 Å². The van der Waals surface area contributed by atoms with Crippen molar-refractivity contribution in [2.24, 2.45) is 0 Å². The third-order valence-corrected chi connectivity index (χ3v) is 6.38. The molecule has 5 rings (SSSR count). The van der Waals surface area contributed by atoms with Crippen molar-refractivity contribution in [3.8, 4) is 0 Å². The number of amides is 1. The predicted octanol–water partition coefficient (Wildman–Crippen LogP) is 6.79. The van der Waals surface area contributed by atoms with Gasteiger partial charge in [-0.3, -0.25) is 4.79 Å².